The molecule has 2 unspecified atom stereocenters. The van der Waals surface area contributed by atoms with Gasteiger partial charge in [0.2, 0.25) is 5.91 Å². The first-order valence-electron chi connectivity index (χ1n) is 11.2. The van der Waals surface area contributed by atoms with Crippen molar-refractivity contribution in [3.8, 4) is 11.5 Å². The Morgan fingerprint density at radius 2 is 1.85 bits per heavy atom. The molecular weight excluding hydrogens is 576 g/mol. The summed E-state index contributed by atoms with van der Waals surface area (Å²) in [5.74, 6) is -4.18. The average molecular weight is 598 g/mol. The fraction of sp³-hybridized carbons (Fsp3) is 0.409. The highest BCUT2D eigenvalue weighted by atomic mass is 32.2. The van der Waals surface area contributed by atoms with Gasteiger partial charge in [-0.05, 0) is 44.2 Å². The molecule has 9 nitrogen and oxygen atoms in total. The lowest BCUT2D eigenvalue weighted by molar-refractivity contribution is -0.162. The van der Waals surface area contributed by atoms with Gasteiger partial charge in [0.1, 0.15) is 4.21 Å². The highest BCUT2D eigenvalue weighted by Crippen LogP contribution is 2.42. The molecule has 0 saturated carbocycles. The molecule has 1 fully saturated rings. The van der Waals surface area contributed by atoms with Crippen molar-refractivity contribution in [2.75, 3.05) is 24.5 Å². The van der Waals surface area contributed by atoms with E-state index < -0.39 is 54.9 Å². The molecule has 1 aliphatic heterocycles. The Morgan fingerprint density at radius 3 is 2.38 bits per heavy atom. The summed E-state index contributed by atoms with van der Waals surface area (Å²) in [6, 6.07) is 4.48. The monoisotopic (exact) mass is 597 g/mol. The second-order valence-corrected chi connectivity index (χ2v) is 12.1. The van der Waals surface area contributed by atoms with Crippen molar-refractivity contribution in [2.24, 2.45) is 5.73 Å². The van der Waals surface area contributed by atoms with Crippen molar-refractivity contribution in [3.63, 3.8) is 0 Å². The number of primary amides is 1. The van der Waals surface area contributed by atoms with E-state index in [4.69, 9.17) is 10.3 Å². The summed E-state index contributed by atoms with van der Waals surface area (Å²) in [7, 11) is -4.32. The minimum atomic E-state index is -5.01. The smallest absolute Gasteiger partial charge is 0.369 e. The molecule has 0 bridgehead atoms. The van der Waals surface area contributed by atoms with Crippen molar-refractivity contribution in [3.05, 3.63) is 46.6 Å². The molecule has 4 rings (SSSR count). The number of piperazine rings is 1. The van der Waals surface area contributed by atoms with Crippen LogP contribution in [0.5, 0.6) is 0 Å². The van der Waals surface area contributed by atoms with Gasteiger partial charge in [-0.1, -0.05) is 5.16 Å². The summed E-state index contributed by atoms with van der Waals surface area (Å²) >= 11 is 0.270. The van der Waals surface area contributed by atoms with E-state index in [0.717, 1.165) is 22.5 Å². The number of anilines is 1. The van der Waals surface area contributed by atoms with Crippen LogP contribution in [-0.4, -0.2) is 60.6 Å². The van der Waals surface area contributed by atoms with Crippen molar-refractivity contribution >= 4 is 33.0 Å². The fourth-order valence-electron chi connectivity index (χ4n) is 4.31. The van der Waals surface area contributed by atoms with Crippen LogP contribution < -0.4 is 10.6 Å². The molecule has 2 N–H and O–H groups in total. The van der Waals surface area contributed by atoms with E-state index in [1.165, 1.54) is 30.9 Å². The van der Waals surface area contributed by atoms with E-state index in [1.54, 1.807) is 0 Å². The summed E-state index contributed by atoms with van der Waals surface area (Å²) in [6.45, 7) is 2.49. The molecule has 1 amide bonds. The molecule has 2 atom stereocenters. The van der Waals surface area contributed by atoms with Crippen LogP contribution >= 0.6 is 11.3 Å². The Labute approximate surface area is 222 Å². The number of thiophene rings is 1. The normalized spacial score (nSPS) is 18.4. The first kappa shape index (κ1) is 28.8. The molecule has 39 heavy (non-hydrogen) atoms. The van der Waals surface area contributed by atoms with E-state index in [1.807, 2.05) is 0 Å². The lowest BCUT2D eigenvalue weighted by Crippen LogP contribution is -2.54. The largest absolute Gasteiger partial charge is 0.418 e. The molecule has 2 aromatic heterocycles. The van der Waals surface area contributed by atoms with Gasteiger partial charge in [0.15, 0.2) is 11.7 Å². The van der Waals surface area contributed by atoms with Crippen molar-refractivity contribution in [1.82, 2.24) is 14.4 Å². The second kappa shape index (κ2) is 10.1. The van der Waals surface area contributed by atoms with Crippen LogP contribution in [0, 0.1) is 6.92 Å². The van der Waals surface area contributed by atoms with Crippen LogP contribution in [0.4, 0.5) is 32.0 Å². The first-order valence-corrected chi connectivity index (χ1v) is 13.5. The molecule has 3 heterocycles. The van der Waals surface area contributed by atoms with Gasteiger partial charge >= 0.3 is 12.4 Å². The Kier molecular flexibility index (Phi) is 7.46. The number of aromatic nitrogens is 2. The zero-order chi connectivity index (χ0) is 28.9. The topological polar surface area (TPSA) is 123 Å². The molecule has 0 aliphatic carbocycles. The van der Waals surface area contributed by atoms with Crippen LogP contribution in [-0.2, 0) is 21.0 Å². The predicted molar refractivity (Wildman–Crippen MR) is 127 cm³/mol. The number of alkyl halides is 6. The minimum absolute atomic E-state index is 0.0579. The number of hydrogen-bond acceptors (Lipinski definition) is 8. The zero-order valence-corrected chi connectivity index (χ0v) is 21.9. The van der Waals surface area contributed by atoms with Gasteiger partial charge in [-0.3, -0.25) is 4.79 Å². The fourth-order valence-corrected chi connectivity index (χ4v) is 7.51. The number of benzene rings is 1. The maximum atomic E-state index is 14.0. The predicted octanol–water partition coefficient (Wildman–Crippen LogP) is 4.16. The van der Waals surface area contributed by atoms with E-state index in [2.05, 4.69) is 10.1 Å². The molecule has 3 aromatic rings. The quantitative estimate of drug-likeness (QED) is 0.424. The van der Waals surface area contributed by atoms with Crippen molar-refractivity contribution in [1.29, 1.82) is 0 Å². The Bertz CT molecular complexity index is 1480. The maximum absolute atomic E-state index is 14.0. The van der Waals surface area contributed by atoms with Crippen LogP contribution in [0.3, 0.4) is 0 Å². The number of carbonyl (C=O) groups excluding carboxylic acids is 1. The van der Waals surface area contributed by atoms with Gasteiger partial charge in [0.25, 0.3) is 15.9 Å². The second-order valence-electron chi connectivity index (χ2n) is 8.82. The number of sulfonamides is 1. The number of aryl methyl sites for hydroxylation is 1. The standard InChI is InChI=1S/C22H21F6N5O4S2/c1-11-10-32(15-4-3-13(9-14(15)21(23,24)25)20-30-12(2)31-37-20)7-8-33(11)39(35,36)17-6-5-16(38-17)18(19(29)34)22(26,27)28/h3-6,9,11,18H,7-8,10H2,1-2H3,(H2,29,34). The highest BCUT2D eigenvalue weighted by molar-refractivity contribution is 7.91. The number of hydrogen-bond donors (Lipinski definition) is 1. The molecule has 212 valence electrons. The number of rotatable bonds is 6. The van der Waals surface area contributed by atoms with E-state index in [0.29, 0.717) is 0 Å². The first-order chi connectivity index (χ1) is 18.0. The number of nitrogens with zero attached hydrogens (tertiary/aromatic N) is 4. The summed E-state index contributed by atoms with van der Waals surface area (Å²) in [6.07, 6.45) is -9.76. The lowest BCUT2D eigenvalue weighted by Gasteiger charge is -2.40. The molecule has 17 heteroatoms. The lowest BCUT2D eigenvalue weighted by atomic mass is 10.1. The molecule has 0 radical (unpaired) electrons. The third-order valence-corrected chi connectivity index (χ3v) is 9.68. The SMILES string of the molecule is Cc1noc(-c2ccc(N3CCN(S(=O)(=O)c4ccc(C(C(N)=O)C(F)(F)F)s4)C(C)C3)c(C(F)(F)F)c2)n1. The van der Waals surface area contributed by atoms with Crippen molar-refractivity contribution in [2.45, 2.75) is 42.4 Å². The van der Waals surface area contributed by atoms with Crippen molar-refractivity contribution < 1.29 is 44.1 Å². The Hall–Kier alpha value is -3.18. The van der Waals surface area contributed by atoms with Gasteiger partial charge in [-0.2, -0.15) is 35.6 Å². The van der Waals surface area contributed by atoms with Gasteiger partial charge < -0.3 is 15.2 Å². The molecule has 0 spiro atoms. The summed E-state index contributed by atoms with van der Waals surface area (Å²) < 4.78 is 114. The zero-order valence-electron chi connectivity index (χ0n) is 20.2. The number of carbonyl (C=O) groups is 1. The summed E-state index contributed by atoms with van der Waals surface area (Å²) in [5.41, 5.74) is 3.78. The average Bonchev–Trinajstić information content (AvgIpc) is 3.46. The Balaban J connectivity index is 1.59. The maximum Gasteiger partial charge on any atom is 0.418 e. The third kappa shape index (κ3) is 5.74. The minimum Gasteiger partial charge on any atom is -0.369 e. The van der Waals surface area contributed by atoms with Gasteiger partial charge in [-0.15, -0.1) is 11.3 Å². The van der Waals surface area contributed by atoms with Gasteiger partial charge in [0, 0.05) is 41.8 Å². The Morgan fingerprint density at radius 1 is 1.15 bits per heavy atom. The number of amides is 1. The molecule has 1 saturated heterocycles. The van der Waals surface area contributed by atoms with Gasteiger partial charge in [0.05, 0.1) is 5.56 Å². The molecular formula is C22H21F6N5O4S2. The number of nitrogens with two attached hydrogens (primary N) is 1. The van der Waals surface area contributed by atoms with E-state index in [-0.39, 0.29) is 53.9 Å². The van der Waals surface area contributed by atoms with Crippen LogP contribution in [0.25, 0.3) is 11.5 Å². The van der Waals surface area contributed by atoms with Crippen LogP contribution in [0.15, 0.2) is 39.1 Å². The molecule has 1 aliphatic rings. The van der Waals surface area contributed by atoms with Crippen LogP contribution in [0.1, 0.15) is 29.1 Å². The van der Waals surface area contributed by atoms with Crippen LogP contribution in [0.2, 0.25) is 0 Å². The van der Waals surface area contributed by atoms with E-state index in [9.17, 15) is 39.6 Å². The third-order valence-electron chi connectivity index (χ3n) is 6.05. The highest BCUT2D eigenvalue weighted by Gasteiger charge is 2.47. The molecule has 1 aromatic carbocycles. The summed E-state index contributed by atoms with van der Waals surface area (Å²) in [5, 5.41) is 3.58. The summed E-state index contributed by atoms with van der Waals surface area (Å²) in [4.78, 5) is 16.1. The van der Waals surface area contributed by atoms with Gasteiger partial charge in [-0.25, -0.2) is 8.42 Å². The number of halogens is 6. The van der Waals surface area contributed by atoms with E-state index >= 15 is 0 Å².